The van der Waals surface area contributed by atoms with Crippen molar-refractivity contribution < 1.29 is 23.1 Å². The maximum Gasteiger partial charge on any atom is 0.262 e. The van der Waals surface area contributed by atoms with Crippen molar-refractivity contribution in [1.82, 2.24) is 10.2 Å². The van der Waals surface area contributed by atoms with Gasteiger partial charge in [0.1, 0.15) is 17.4 Å². The highest BCUT2D eigenvalue weighted by atomic mass is 35.5. The van der Waals surface area contributed by atoms with E-state index in [1.165, 1.54) is 30.3 Å². The second-order valence-electron chi connectivity index (χ2n) is 6.82. The minimum atomic E-state index is -0.645. The van der Waals surface area contributed by atoms with Crippen LogP contribution in [0.25, 0.3) is 5.57 Å². The number of carbonyl (C=O) groups is 2. The predicted molar refractivity (Wildman–Crippen MR) is 115 cm³/mol. The van der Waals surface area contributed by atoms with Gasteiger partial charge in [-0.05, 0) is 35.4 Å². The number of carbonyl (C=O) groups excluding carboxylic acids is 2. The molecule has 1 heterocycles. The first-order valence-corrected chi connectivity index (χ1v) is 9.99. The van der Waals surface area contributed by atoms with Crippen molar-refractivity contribution in [3.8, 4) is 5.75 Å². The van der Waals surface area contributed by atoms with Crippen molar-refractivity contribution in [2.45, 2.75) is 6.42 Å². The molecule has 0 fully saturated rings. The van der Waals surface area contributed by atoms with E-state index in [9.17, 15) is 18.4 Å². The highest BCUT2D eigenvalue weighted by Gasteiger charge is 2.22. The molecule has 0 spiro atoms. The zero-order chi connectivity index (χ0) is 22.5. The van der Waals surface area contributed by atoms with Gasteiger partial charge in [-0.1, -0.05) is 35.8 Å². The van der Waals surface area contributed by atoms with Crippen LogP contribution < -0.4 is 10.1 Å². The van der Waals surface area contributed by atoms with Crippen LogP contribution in [0.5, 0.6) is 5.75 Å². The lowest BCUT2D eigenvalue weighted by Crippen LogP contribution is -2.32. The minimum absolute atomic E-state index is 0.0164. The lowest BCUT2D eigenvalue weighted by molar-refractivity contribution is -0.124. The standard InChI is InChI=1S/C22H18Cl2F2N2O3/c1-13(27-21(29)12-31-16-3-5-18(24)20(26)10-16)6-7-28-11-15(9-22(28)30)14-2-4-17(23)19(25)8-14/h2-5,8-10H,1,6-7,11-12H2,(H,27,29). The monoisotopic (exact) mass is 466 g/mol. The number of rotatable bonds is 8. The number of nitrogens with zero attached hydrogens (tertiary/aromatic N) is 1. The Balaban J connectivity index is 1.44. The predicted octanol–water partition coefficient (Wildman–Crippen LogP) is 4.60. The Morgan fingerprint density at radius 3 is 2.48 bits per heavy atom. The summed E-state index contributed by atoms with van der Waals surface area (Å²) in [7, 11) is 0. The molecule has 1 aliphatic heterocycles. The number of hydrogen-bond donors (Lipinski definition) is 1. The smallest absolute Gasteiger partial charge is 0.262 e. The second kappa shape index (κ2) is 9.94. The molecule has 0 bridgehead atoms. The molecule has 2 aromatic carbocycles. The Kier molecular flexibility index (Phi) is 7.30. The van der Waals surface area contributed by atoms with Crippen LogP contribution in [0.15, 0.2) is 54.8 Å². The largest absolute Gasteiger partial charge is 0.484 e. The van der Waals surface area contributed by atoms with Gasteiger partial charge < -0.3 is 15.0 Å². The quantitative estimate of drug-likeness (QED) is 0.618. The fraction of sp³-hybridized carbons (Fsp3) is 0.182. The molecule has 162 valence electrons. The average Bonchev–Trinajstić information content (AvgIpc) is 3.10. The average molecular weight is 467 g/mol. The van der Waals surface area contributed by atoms with Gasteiger partial charge in [0.2, 0.25) is 5.91 Å². The fourth-order valence-electron chi connectivity index (χ4n) is 2.91. The van der Waals surface area contributed by atoms with E-state index < -0.39 is 17.5 Å². The Hall–Kier alpha value is -2.90. The van der Waals surface area contributed by atoms with Crippen LogP contribution in [-0.2, 0) is 9.59 Å². The normalized spacial score (nSPS) is 13.2. The van der Waals surface area contributed by atoms with Crippen molar-refractivity contribution in [3.63, 3.8) is 0 Å². The molecule has 3 rings (SSSR count). The van der Waals surface area contributed by atoms with Crippen LogP contribution in [-0.4, -0.2) is 36.4 Å². The van der Waals surface area contributed by atoms with Gasteiger partial charge in [0.05, 0.1) is 10.0 Å². The van der Waals surface area contributed by atoms with Gasteiger partial charge >= 0.3 is 0 Å². The molecule has 5 nitrogen and oxygen atoms in total. The van der Waals surface area contributed by atoms with E-state index in [0.29, 0.717) is 36.3 Å². The number of nitrogens with one attached hydrogen (secondary N) is 1. The number of benzene rings is 2. The second-order valence-corrected chi connectivity index (χ2v) is 7.64. The molecular weight excluding hydrogens is 449 g/mol. The molecule has 1 N–H and O–H groups in total. The molecule has 2 aromatic rings. The van der Waals surface area contributed by atoms with Gasteiger partial charge in [0.15, 0.2) is 6.61 Å². The summed E-state index contributed by atoms with van der Waals surface area (Å²) in [4.78, 5) is 25.8. The summed E-state index contributed by atoms with van der Waals surface area (Å²) in [5.74, 6) is -1.71. The first kappa shape index (κ1) is 22.8. The highest BCUT2D eigenvalue weighted by Crippen LogP contribution is 2.25. The van der Waals surface area contributed by atoms with Crippen LogP contribution in [0, 0.1) is 11.6 Å². The van der Waals surface area contributed by atoms with Gasteiger partial charge in [-0.2, -0.15) is 0 Å². The Morgan fingerprint density at radius 2 is 1.81 bits per heavy atom. The maximum atomic E-state index is 13.7. The maximum absolute atomic E-state index is 13.7. The van der Waals surface area contributed by atoms with E-state index >= 15 is 0 Å². The van der Waals surface area contributed by atoms with E-state index in [1.54, 1.807) is 11.0 Å². The van der Waals surface area contributed by atoms with Crippen LogP contribution in [0.1, 0.15) is 12.0 Å². The summed E-state index contributed by atoms with van der Waals surface area (Å²) in [6.07, 6.45) is 1.77. The third-order valence-electron chi connectivity index (χ3n) is 4.52. The van der Waals surface area contributed by atoms with Crippen molar-refractivity contribution in [1.29, 1.82) is 0 Å². The lowest BCUT2D eigenvalue weighted by Gasteiger charge is -2.18. The lowest BCUT2D eigenvalue weighted by atomic mass is 10.1. The molecule has 9 heteroatoms. The molecule has 1 aliphatic rings. The molecule has 0 aliphatic carbocycles. The van der Waals surface area contributed by atoms with Crippen molar-refractivity contribution in [2.24, 2.45) is 0 Å². The molecule has 0 saturated carbocycles. The number of amides is 2. The molecule has 0 aromatic heterocycles. The Labute approximate surface area is 187 Å². The summed E-state index contributed by atoms with van der Waals surface area (Å²) >= 11 is 11.3. The highest BCUT2D eigenvalue weighted by molar-refractivity contribution is 6.31. The van der Waals surface area contributed by atoms with Gasteiger partial charge in [-0.3, -0.25) is 9.59 Å². The molecule has 0 unspecified atom stereocenters. The van der Waals surface area contributed by atoms with Gasteiger partial charge in [-0.15, -0.1) is 0 Å². The first-order valence-electron chi connectivity index (χ1n) is 9.23. The van der Waals surface area contributed by atoms with E-state index in [2.05, 4.69) is 11.9 Å². The van der Waals surface area contributed by atoms with Crippen molar-refractivity contribution in [3.05, 3.63) is 82.0 Å². The van der Waals surface area contributed by atoms with Crippen LogP contribution >= 0.6 is 23.2 Å². The first-order chi connectivity index (χ1) is 14.7. The molecule has 31 heavy (non-hydrogen) atoms. The number of halogens is 4. The van der Waals surface area contributed by atoms with Crippen LogP contribution in [0.3, 0.4) is 0 Å². The molecule has 0 atom stereocenters. The third-order valence-corrected chi connectivity index (χ3v) is 5.13. The summed E-state index contributed by atoms with van der Waals surface area (Å²) in [6, 6.07) is 8.25. The summed E-state index contributed by atoms with van der Waals surface area (Å²) in [6.45, 7) is 4.07. The van der Waals surface area contributed by atoms with Gasteiger partial charge in [0.25, 0.3) is 5.91 Å². The topological polar surface area (TPSA) is 58.6 Å². The van der Waals surface area contributed by atoms with Crippen molar-refractivity contribution in [2.75, 3.05) is 19.7 Å². The molecule has 0 radical (unpaired) electrons. The molecular formula is C22H18Cl2F2N2O3. The third kappa shape index (κ3) is 6.06. The number of ether oxygens (including phenoxy) is 1. The van der Waals surface area contributed by atoms with E-state index in [-0.39, 0.29) is 28.3 Å². The molecule has 0 saturated heterocycles. The zero-order valence-electron chi connectivity index (χ0n) is 16.3. The fourth-order valence-corrected chi connectivity index (χ4v) is 3.15. The Morgan fingerprint density at radius 1 is 1.13 bits per heavy atom. The summed E-state index contributed by atoms with van der Waals surface area (Å²) in [5.41, 5.74) is 1.66. The van der Waals surface area contributed by atoms with E-state index in [4.69, 9.17) is 27.9 Å². The zero-order valence-corrected chi connectivity index (χ0v) is 17.8. The Bertz CT molecular complexity index is 1070. The number of hydrogen-bond acceptors (Lipinski definition) is 3. The minimum Gasteiger partial charge on any atom is -0.484 e. The van der Waals surface area contributed by atoms with Gasteiger partial charge in [-0.25, -0.2) is 8.78 Å². The van der Waals surface area contributed by atoms with Crippen LogP contribution in [0.4, 0.5) is 8.78 Å². The SMILES string of the molecule is C=C(CCN1CC(c2ccc(Cl)c(F)c2)=CC1=O)NC(=O)COc1ccc(Cl)c(F)c1. The van der Waals surface area contributed by atoms with E-state index in [1.807, 2.05) is 0 Å². The van der Waals surface area contributed by atoms with Crippen LogP contribution in [0.2, 0.25) is 10.0 Å². The summed E-state index contributed by atoms with van der Waals surface area (Å²) < 4.78 is 32.3. The van der Waals surface area contributed by atoms with E-state index in [0.717, 1.165) is 6.07 Å². The summed E-state index contributed by atoms with van der Waals surface area (Å²) in [5, 5.41) is 2.55. The molecule has 2 amide bonds. The van der Waals surface area contributed by atoms with Crippen molar-refractivity contribution >= 4 is 40.6 Å². The van der Waals surface area contributed by atoms with Gasteiger partial charge in [0, 0.05) is 37.3 Å².